The molecule has 29 heavy (non-hydrogen) atoms. The van der Waals surface area contributed by atoms with Gasteiger partial charge in [0.1, 0.15) is 0 Å². The summed E-state index contributed by atoms with van der Waals surface area (Å²) in [7, 11) is -3.78. The van der Waals surface area contributed by atoms with Crippen molar-refractivity contribution in [3.8, 4) is 0 Å². The number of carbonyl (C=O) groups is 2. The van der Waals surface area contributed by atoms with Gasteiger partial charge in [0, 0.05) is 19.1 Å². The first-order valence-electron chi connectivity index (χ1n) is 9.80. The monoisotopic (exact) mass is 426 g/mol. The summed E-state index contributed by atoms with van der Waals surface area (Å²) in [4.78, 5) is 26.5. The van der Waals surface area contributed by atoms with Crippen LogP contribution in [-0.4, -0.2) is 51.3 Å². The molecule has 1 atom stereocenters. The molecule has 0 saturated carbocycles. The zero-order chi connectivity index (χ0) is 22.2. The molecule has 0 aliphatic heterocycles. The summed E-state index contributed by atoms with van der Waals surface area (Å²) in [6.45, 7) is 11.1. The number of nitrogens with two attached hydrogens (primary N) is 1. The molecule has 8 nitrogen and oxygen atoms in total. The molecule has 0 fully saturated rings. The molecule has 0 aromatic heterocycles. The summed E-state index contributed by atoms with van der Waals surface area (Å²) in [5.41, 5.74) is 0.783. The third-order valence-electron chi connectivity index (χ3n) is 4.35. The van der Waals surface area contributed by atoms with Gasteiger partial charge in [0.15, 0.2) is 0 Å². The van der Waals surface area contributed by atoms with E-state index in [0.717, 1.165) is 5.56 Å². The Kier molecular flexibility index (Phi) is 9.75. The SMILES string of the molecule is CC(C)CNC(=O)CN(CC(=O)NCC(C)C)C(C)c1ccc(S(N)(=O)=O)cc1. The molecule has 2 amide bonds. The van der Waals surface area contributed by atoms with Crippen molar-refractivity contribution in [2.75, 3.05) is 26.2 Å². The van der Waals surface area contributed by atoms with E-state index < -0.39 is 10.0 Å². The molecule has 0 heterocycles. The molecule has 1 aromatic carbocycles. The van der Waals surface area contributed by atoms with Crippen molar-refractivity contribution in [1.29, 1.82) is 0 Å². The van der Waals surface area contributed by atoms with Crippen molar-refractivity contribution in [3.05, 3.63) is 29.8 Å². The van der Waals surface area contributed by atoms with Crippen molar-refractivity contribution < 1.29 is 18.0 Å². The van der Waals surface area contributed by atoms with Crippen LogP contribution >= 0.6 is 0 Å². The summed E-state index contributed by atoms with van der Waals surface area (Å²) < 4.78 is 22.9. The van der Waals surface area contributed by atoms with Crippen molar-refractivity contribution in [1.82, 2.24) is 15.5 Å². The number of nitrogens with one attached hydrogen (secondary N) is 2. The predicted octanol–water partition coefficient (Wildman–Crippen LogP) is 1.24. The van der Waals surface area contributed by atoms with Gasteiger partial charge in [-0.15, -0.1) is 0 Å². The Morgan fingerprint density at radius 3 is 1.66 bits per heavy atom. The highest BCUT2D eigenvalue weighted by molar-refractivity contribution is 7.89. The van der Waals surface area contributed by atoms with Crippen LogP contribution in [-0.2, 0) is 19.6 Å². The Morgan fingerprint density at radius 1 is 0.897 bits per heavy atom. The Labute approximate surface area is 174 Å². The van der Waals surface area contributed by atoms with Gasteiger partial charge in [0.25, 0.3) is 0 Å². The van der Waals surface area contributed by atoms with Gasteiger partial charge in [-0.1, -0.05) is 39.8 Å². The smallest absolute Gasteiger partial charge is 0.238 e. The molecule has 0 aliphatic carbocycles. The second kappa shape index (κ2) is 11.3. The van der Waals surface area contributed by atoms with Gasteiger partial charge in [-0.2, -0.15) is 0 Å². The van der Waals surface area contributed by atoms with Crippen LogP contribution in [0, 0.1) is 11.8 Å². The maximum atomic E-state index is 12.3. The lowest BCUT2D eigenvalue weighted by molar-refractivity contribution is -0.126. The Hall–Kier alpha value is -1.97. The minimum absolute atomic E-state index is 0.0179. The molecule has 1 rings (SSSR count). The van der Waals surface area contributed by atoms with Crippen LogP contribution in [0.15, 0.2) is 29.2 Å². The number of benzene rings is 1. The van der Waals surface area contributed by atoms with E-state index in [4.69, 9.17) is 5.14 Å². The average Bonchev–Trinajstić information content (AvgIpc) is 2.63. The largest absolute Gasteiger partial charge is 0.355 e. The van der Waals surface area contributed by atoms with Crippen molar-refractivity contribution in [2.45, 2.75) is 45.6 Å². The fraction of sp³-hybridized carbons (Fsp3) is 0.600. The van der Waals surface area contributed by atoms with Gasteiger partial charge in [0.05, 0.1) is 18.0 Å². The van der Waals surface area contributed by atoms with E-state index >= 15 is 0 Å². The molecule has 164 valence electrons. The first kappa shape index (κ1) is 25.1. The normalized spacial score (nSPS) is 13.0. The van der Waals surface area contributed by atoms with Crippen LogP contribution in [0.5, 0.6) is 0 Å². The van der Waals surface area contributed by atoms with E-state index in [0.29, 0.717) is 24.9 Å². The van der Waals surface area contributed by atoms with E-state index in [-0.39, 0.29) is 35.8 Å². The lowest BCUT2D eigenvalue weighted by Gasteiger charge is -2.28. The van der Waals surface area contributed by atoms with Gasteiger partial charge in [-0.05, 0) is 36.5 Å². The number of sulfonamides is 1. The first-order chi connectivity index (χ1) is 13.4. The van der Waals surface area contributed by atoms with E-state index in [1.807, 2.05) is 34.6 Å². The summed E-state index contributed by atoms with van der Waals surface area (Å²) in [6, 6.07) is 5.87. The second-order valence-electron chi connectivity index (χ2n) is 8.09. The summed E-state index contributed by atoms with van der Waals surface area (Å²) in [5.74, 6) is 0.321. The lowest BCUT2D eigenvalue weighted by Crippen LogP contribution is -2.45. The molecule has 0 bridgehead atoms. The van der Waals surface area contributed by atoms with Crippen molar-refractivity contribution in [2.24, 2.45) is 17.0 Å². The molecule has 0 radical (unpaired) electrons. The molecule has 1 aromatic rings. The quantitative estimate of drug-likeness (QED) is 0.491. The van der Waals surface area contributed by atoms with Gasteiger partial charge < -0.3 is 10.6 Å². The van der Waals surface area contributed by atoms with E-state index in [1.54, 1.807) is 17.0 Å². The van der Waals surface area contributed by atoms with E-state index in [1.165, 1.54) is 12.1 Å². The Bertz CT molecular complexity index is 750. The third kappa shape index (κ3) is 9.38. The second-order valence-corrected chi connectivity index (χ2v) is 9.65. The number of rotatable bonds is 11. The highest BCUT2D eigenvalue weighted by Gasteiger charge is 2.22. The maximum absolute atomic E-state index is 12.3. The molecule has 9 heteroatoms. The number of carbonyl (C=O) groups excluding carboxylic acids is 2. The van der Waals surface area contributed by atoms with Gasteiger partial charge >= 0.3 is 0 Å². The highest BCUT2D eigenvalue weighted by Crippen LogP contribution is 2.21. The first-order valence-corrected chi connectivity index (χ1v) is 11.3. The molecule has 4 N–H and O–H groups in total. The number of nitrogens with zero attached hydrogens (tertiary/aromatic N) is 1. The van der Waals surface area contributed by atoms with Crippen LogP contribution in [0.25, 0.3) is 0 Å². The maximum Gasteiger partial charge on any atom is 0.238 e. The Balaban J connectivity index is 2.95. The third-order valence-corrected chi connectivity index (χ3v) is 5.28. The fourth-order valence-corrected chi connectivity index (χ4v) is 3.11. The fourth-order valence-electron chi connectivity index (χ4n) is 2.59. The minimum Gasteiger partial charge on any atom is -0.355 e. The van der Waals surface area contributed by atoms with Gasteiger partial charge in [0.2, 0.25) is 21.8 Å². The van der Waals surface area contributed by atoms with Crippen molar-refractivity contribution >= 4 is 21.8 Å². The van der Waals surface area contributed by atoms with Gasteiger partial charge in [-0.25, -0.2) is 13.6 Å². The standard InChI is InChI=1S/C20H34N4O4S/c1-14(2)10-22-19(25)12-24(13-20(26)23-11-15(3)4)16(5)17-6-8-18(9-7-17)29(21,27)28/h6-9,14-16H,10-13H2,1-5H3,(H,22,25)(H,23,26)(H2,21,27,28). The van der Waals surface area contributed by atoms with Crippen LogP contribution in [0.1, 0.15) is 46.2 Å². The van der Waals surface area contributed by atoms with E-state index in [9.17, 15) is 18.0 Å². The summed E-state index contributed by atoms with van der Waals surface area (Å²) in [6.07, 6.45) is 0. The minimum atomic E-state index is -3.78. The molecular weight excluding hydrogens is 392 g/mol. The van der Waals surface area contributed by atoms with Crippen LogP contribution in [0.4, 0.5) is 0 Å². The van der Waals surface area contributed by atoms with Crippen LogP contribution in [0.3, 0.4) is 0 Å². The number of hydrogen-bond acceptors (Lipinski definition) is 5. The Morgan fingerprint density at radius 2 is 1.31 bits per heavy atom. The topological polar surface area (TPSA) is 122 Å². The summed E-state index contributed by atoms with van der Waals surface area (Å²) >= 11 is 0. The van der Waals surface area contributed by atoms with Gasteiger partial charge in [-0.3, -0.25) is 14.5 Å². The van der Waals surface area contributed by atoms with Crippen LogP contribution < -0.4 is 15.8 Å². The van der Waals surface area contributed by atoms with Crippen molar-refractivity contribution in [3.63, 3.8) is 0 Å². The van der Waals surface area contributed by atoms with E-state index in [2.05, 4.69) is 10.6 Å². The molecule has 0 saturated heterocycles. The zero-order valence-electron chi connectivity index (χ0n) is 17.9. The van der Waals surface area contributed by atoms with Crippen LogP contribution in [0.2, 0.25) is 0 Å². The summed E-state index contributed by atoms with van der Waals surface area (Å²) in [5, 5.41) is 10.9. The molecule has 0 aliphatic rings. The molecule has 1 unspecified atom stereocenters. The number of primary sulfonamides is 1. The predicted molar refractivity (Wildman–Crippen MR) is 113 cm³/mol. The molecular formula is C20H34N4O4S. The molecule has 0 spiro atoms. The number of hydrogen-bond donors (Lipinski definition) is 3. The lowest BCUT2D eigenvalue weighted by atomic mass is 10.1. The zero-order valence-corrected chi connectivity index (χ0v) is 18.8. The highest BCUT2D eigenvalue weighted by atomic mass is 32.2. The average molecular weight is 427 g/mol. The number of amides is 2.